The van der Waals surface area contributed by atoms with Crippen LogP contribution >= 0.6 is 0 Å². The zero-order chi connectivity index (χ0) is 21.5. The van der Waals surface area contributed by atoms with Gasteiger partial charge in [-0.1, -0.05) is 43.3 Å². The predicted octanol–water partition coefficient (Wildman–Crippen LogP) is 4.89. The number of hydrogen-bond donors (Lipinski definition) is 1. The Morgan fingerprint density at radius 2 is 1.87 bits per heavy atom. The number of fused-ring (bicyclic) bond motifs is 1. The first-order chi connectivity index (χ1) is 14.3. The molecule has 0 unspecified atom stereocenters. The zero-order valence-corrected chi connectivity index (χ0v) is 18.1. The van der Waals surface area contributed by atoms with E-state index >= 15 is 0 Å². The fourth-order valence-corrected chi connectivity index (χ4v) is 4.85. The predicted molar refractivity (Wildman–Crippen MR) is 120 cm³/mol. The summed E-state index contributed by atoms with van der Waals surface area (Å²) < 4.78 is 0. The Bertz CT molecular complexity index is 1010. The van der Waals surface area contributed by atoms with Crippen LogP contribution in [0.5, 0.6) is 0 Å². The van der Waals surface area contributed by atoms with E-state index in [2.05, 4.69) is 50.0 Å². The molecule has 2 aromatic carbocycles. The molecule has 0 aliphatic carbocycles. The van der Waals surface area contributed by atoms with Crippen LogP contribution in [0.4, 0.5) is 10.5 Å². The molecule has 4 rings (SSSR count). The molecule has 1 saturated heterocycles. The number of amides is 3. The number of imide groups is 1. The molecule has 2 aliphatic heterocycles. The van der Waals surface area contributed by atoms with E-state index in [0.717, 1.165) is 24.1 Å². The van der Waals surface area contributed by atoms with Crippen LogP contribution in [0.2, 0.25) is 0 Å². The largest absolute Gasteiger partial charge is 0.366 e. The first-order valence-electron chi connectivity index (χ1n) is 10.6. The molecule has 1 fully saturated rings. The lowest BCUT2D eigenvalue weighted by molar-refractivity contribution is -0.123. The molecule has 0 aromatic heterocycles. The molecule has 156 valence electrons. The second-order valence-electron chi connectivity index (χ2n) is 8.85. The molecular formula is C25H29N3O2. The van der Waals surface area contributed by atoms with Crippen molar-refractivity contribution in [1.82, 2.24) is 10.2 Å². The summed E-state index contributed by atoms with van der Waals surface area (Å²) in [6.07, 6.45) is 2.86. The number of urea groups is 1. The summed E-state index contributed by atoms with van der Waals surface area (Å²) in [4.78, 5) is 28.9. The SMILES string of the molecule is CCN1c2ccc(/C=C3\NC(=O)N(Cc4ccccc4)C3=O)cc2[C@H](C)CC1(C)C. The molecule has 2 aromatic rings. The normalized spacial score (nSPS) is 21.7. The van der Waals surface area contributed by atoms with Crippen LogP contribution in [0, 0.1) is 0 Å². The smallest absolute Gasteiger partial charge is 0.329 e. The molecule has 0 bridgehead atoms. The Labute approximate surface area is 178 Å². The molecule has 2 aliphatic rings. The first kappa shape index (κ1) is 20.2. The van der Waals surface area contributed by atoms with E-state index in [9.17, 15) is 9.59 Å². The highest BCUT2D eigenvalue weighted by atomic mass is 16.2. The van der Waals surface area contributed by atoms with Crippen LogP contribution in [0.1, 0.15) is 56.7 Å². The number of carbonyl (C=O) groups excluding carboxylic acids is 2. The summed E-state index contributed by atoms with van der Waals surface area (Å²) in [6, 6.07) is 15.5. The third-order valence-corrected chi connectivity index (χ3v) is 6.18. The number of anilines is 1. The molecule has 3 amide bonds. The van der Waals surface area contributed by atoms with E-state index in [1.54, 1.807) is 6.08 Å². The Kier molecular flexibility index (Phi) is 5.14. The molecule has 0 radical (unpaired) electrons. The molecule has 30 heavy (non-hydrogen) atoms. The van der Waals surface area contributed by atoms with Gasteiger partial charge in [-0.3, -0.25) is 9.69 Å². The fraction of sp³-hybridized carbons (Fsp3) is 0.360. The third-order valence-electron chi connectivity index (χ3n) is 6.18. The van der Waals surface area contributed by atoms with Crippen molar-refractivity contribution in [3.05, 3.63) is 70.9 Å². The number of hydrogen-bond acceptors (Lipinski definition) is 3. The van der Waals surface area contributed by atoms with Crippen molar-refractivity contribution in [1.29, 1.82) is 0 Å². The summed E-state index contributed by atoms with van der Waals surface area (Å²) in [5, 5.41) is 2.73. The van der Waals surface area contributed by atoms with Crippen LogP contribution in [0.3, 0.4) is 0 Å². The number of nitrogens with zero attached hydrogens (tertiary/aromatic N) is 2. The average Bonchev–Trinajstić information content (AvgIpc) is 2.96. The van der Waals surface area contributed by atoms with Gasteiger partial charge in [-0.25, -0.2) is 4.79 Å². The van der Waals surface area contributed by atoms with Crippen LogP contribution in [0.25, 0.3) is 6.08 Å². The maximum absolute atomic E-state index is 12.8. The van der Waals surface area contributed by atoms with Crippen molar-refractivity contribution >= 4 is 23.7 Å². The lowest BCUT2D eigenvalue weighted by Crippen LogP contribution is -2.48. The van der Waals surface area contributed by atoms with Gasteiger partial charge in [0.05, 0.1) is 6.54 Å². The molecule has 0 spiro atoms. The van der Waals surface area contributed by atoms with Gasteiger partial charge >= 0.3 is 6.03 Å². The van der Waals surface area contributed by atoms with E-state index in [-0.39, 0.29) is 24.0 Å². The molecular weight excluding hydrogens is 374 g/mol. The van der Waals surface area contributed by atoms with Gasteiger partial charge in [0.2, 0.25) is 0 Å². The van der Waals surface area contributed by atoms with Gasteiger partial charge < -0.3 is 10.2 Å². The van der Waals surface area contributed by atoms with Crippen LogP contribution < -0.4 is 10.2 Å². The van der Waals surface area contributed by atoms with Gasteiger partial charge in [-0.15, -0.1) is 0 Å². The Hall–Kier alpha value is -3.08. The molecule has 0 saturated carbocycles. The van der Waals surface area contributed by atoms with E-state index in [1.165, 1.54) is 16.2 Å². The van der Waals surface area contributed by atoms with Crippen molar-refractivity contribution in [2.75, 3.05) is 11.4 Å². The van der Waals surface area contributed by atoms with Gasteiger partial charge in [0.1, 0.15) is 5.70 Å². The van der Waals surface area contributed by atoms with Gasteiger partial charge in [-0.2, -0.15) is 0 Å². The van der Waals surface area contributed by atoms with E-state index < -0.39 is 0 Å². The number of rotatable bonds is 4. The highest BCUT2D eigenvalue weighted by Crippen LogP contribution is 2.43. The number of benzene rings is 2. The zero-order valence-electron chi connectivity index (χ0n) is 18.1. The second kappa shape index (κ2) is 7.63. The summed E-state index contributed by atoms with van der Waals surface area (Å²) in [7, 11) is 0. The van der Waals surface area contributed by atoms with Crippen molar-refractivity contribution in [3.63, 3.8) is 0 Å². The van der Waals surface area contributed by atoms with Gasteiger partial charge in [0, 0.05) is 17.8 Å². The van der Waals surface area contributed by atoms with Gasteiger partial charge in [0.15, 0.2) is 0 Å². The molecule has 1 atom stereocenters. The second-order valence-corrected chi connectivity index (χ2v) is 8.85. The van der Waals surface area contributed by atoms with Crippen molar-refractivity contribution in [2.24, 2.45) is 0 Å². The number of carbonyl (C=O) groups is 2. The van der Waals surface area contributed by atoms with Gasteiger partial charge in [-0.05, 0) is 68.0 Å². The lowest BCUT2D eigenvalue weighted by atomic mass is 9.79. The number of nitrogens with one attached hydrogen (secondary N) is 1. The fourth-order valence-electron chi connectivity index (χ4n) is 4.85. The van der Waals surface area contributed by atoms with Gasteiger partial charge in [0.25, 0.3) is 5.91 Å². The Balaban J connectivity index is 1.61. The minimum absolute atomic E-state index is 0.120. The molecule has 5 heteroatoms. The molecule has 1 N–H and O–H groups in total. The highest BCUT2D eigenvalue weighted by Gasteiger charge is 2.36. The average molecular weight is 404 g/mol. The maximum atomic E-state index is 12.8. The highest BCUT2D eigenvalue weighted by molar-refractivity contribution is 6.13. The molecule has 2 heterocycles. The van der Waals surface area contributed by atoms with Crippen LogP contribution in [-0.2, 0) is 11.3 Å². The summed E-state index contributed by atoms with van der Waals surface area (Å²) in [5.74, 6) is 0.144. The van der Waals surface area contributed by atoms with Crippen molar-refractivity contribution in [2.45, 2.75) is 52.1 Å². The molecule has 5 nitrogen and oxygen atoms in total. The van der Waals surface area contributed by atoms with E-state index in [1.807, 2.05) is 36.4 Å². The standard InChI is InChI=1S/C25H29N3O2/c1-5-28-22-12-11-19(13-20(22)17(2)15-25(28,3)4)14-21-23(29)27(24(30)26-21)16-18-9-7-6-8-10-18/h6-14,17H,5,15-16H2,1-4H3,(H,26,30)/b21-14-/t17-/m1/s1. The lowest BCUT2D eigenvalue weighted by Gasteiger charge is -2.47. The monoisotopic (exact) mass is 403 g/mol. The summed E-state index contributed by atoms with van der Waals surface area (Å²) in [5.41, 5.74) is 4.86. The summed E-state index contributed by atoms with van der Waals surface area (Å²) in [6.45, 7) is 10.3. The van der Waals surface area contributed by atoms with E-state index in [0.29, 0.717) is 11.6 Å². The Morgan fingerprint density at radius 1 is 1.13 bits per heavy atom. The minimum atomic E-state index is -0.375. The maximum Gasteiger partial charge on any atom is 0.329 e. The van der Waals surface area contributed by atoms with Crippen molar-refractivity contribution in [3.8, 4) is 0 Å². The first-order valence-corrected chi connectivity index (χ1v) is 10.6. The van der Waals surface area contributed by atoms with E-state index in [4.69, 9.17) is 0 Å². The Morgan fingerprint density at radius 3 is 2.57 bits per heavy atom. The topological polar surface area (TPSA) is 52.7 Å². The van der Waals surface area contributed by atoms with Crippen LogP contribution in [0.15, 0.2) is 54.2 Å². The van der Waals surface area contributed by atoms with Crippen LogP contribution in [-0.4, -0.2) is 28.9 Å². The quantitative estimate of drug-likeness (QED) is 0.584. The minimum Gasteiger partial charge on any atom is -0.366 e. The van der Waals surface area contributed by atoms with Crippen molar-refractivity contribution < 1.29 is 9.59 Å². The third kappa shape index (κ3) is 3.60. The summed E-state index contributed by atoms with van der Waals surface area (Å²) >= 11 is 0.